The minimum atomic E-state index is -0.803. The molecule has 2 amide bonds. The van der Waals surface area contributed by atoms with Crippen LogP contribution >= 0.6 is 0 Å². The molecule has 1 aromatic heterocycles. The van der Waals surface area contributed by atoms with Crippen LogP contribution in [0.15, 0.2) is 48.7 Å². The van der Waals surface area contributed by atoms with Crippen LogP contribution < -0.4 is 24.8 Å². The number of nitrogens with one attached hydrogen (secondary N) is 2. The van der Waals surface area contributed by atoms with Gasteiger partial charge in [-0.1, -0.05) is 18.2 Å². The molecular formula is C22H22N4O5. The first-order chi connectivity index (χ1) is 15.0. The molecule has 0 unspecified atom stereocenters. The number of hydrogen-bond acceptors (Lipinski definition) is 6. The van der Waals surface area contributed by atoms with Crippen molar-refractivity contribution in [2.75, 3.05) is 32.0 Å². The smallest absolute Gasteiger partial charge is 0.249 e. The summed E-state index contributed by atoms with van der Waals surface area (Å²) in [6, 6.07) is 11.7. The van der Waals surface area contributed by atoms with Crippen molar-refractivity contribution in [2.45, 2.75) is 12.5 Å². The summed E-state index contributed by atoms with van der Waals surface area (Å²) in [4.78, 5) is 25.4. The van der Waals surface area contributed by atoms with Crippen molar-refractivity contribution in [1.82, 2.24) is 9.78 Å². The van der Waals surface area contributed by atoms with Gasteiger partial charge >= 0.3 is 0 Å². The summed E-state index contributed by atoms with van der Waals surface area (Å²) in [6.45, 7) is 0. The van der Waals surface area contributed by atoms with E-state index in [4.69, 9.17) is 14.2 Å². The molecule has 3 aromatic rings. The van der Waals surface area contributed by atoms with E-state index in [0.29, 0.717) is 34.3 Å². The van der Waals surface area contributed by atoms with Crippen LogP contribution in [0, 0.1) is 0 Å². The summed E-state index contributed by atoms with van der Waals surface area (Å²) in [5.74, 6) is 1.49. The second kappa shape index (κ2) is 8.39. The van der Waals surface area contributed by atoms with Crippen LogP contribution in [0.4, 0.5) is 11.5 Å². The van der Waals surface area contributed by atoms with Crippen LogP contribution in [0.25, 0.3) is 11.1 Å². The highest BCUT2D eigenvalue weighted by Crippen LogP contribution is 2.38. The van der Waals surface area contributed by atoms with E-state index in [9.17, 15) is 9.59 Å². The molecule has 1 atom stereocenters. The molecule has 31 heavy (non-hydrogen) atoms. The van der Waals surface area contributed by atoms with E-state index in [0.717, 1.165) is 5.56 Å². The van der Waals surface area contributed by atoms with Gasteiger partial charge in [-0.25, -0.2) is 4.68 Å². The predicted molar refractivity (Wildman–Crippen MR) is 115 cm³/mol. The number of aromatic nitrogens is 2. The minimum Gasteiger partial charge on any atom is -0.495 e. The minimum absolute atomic E-state index is 0.0267. The third-order valence-electron chi connectivity index (χ3n) is 5.09. The van der Waals surface area contributed by atoms with E-state index in [2.05, 4.69) is 15.7 Å². The Kier molecular flexibility index (Phi) is 5.48. The van der Waals surface area contributed by atoms with E-state index < -0.39 is 6.04 Å². The zero-order valence-electron chi connectivity index (χ0n) is 17.3. The van der Waals surface area contributed by atoms with Gasteiger partial charge in [0.1, 0.15) is 17.6 Å². The van der Waals surface area contributed by atoms with Gasteiger partial charge < -0.3 is 24.8 Å². The lowest BCUT2D eigenvalue weighted by atomic mass is 10.1. The quantitative estimate of drug-likeness (QED) is 0.633. The van der Waals surface area contributed by atoms with E-state index in [-0.39, 0.29) is 18.2 Å². The molecule has 0 radical (unpaired) electrons. The van der Waals surface area contributed by atoms with Gasteiger partial charge in [-0.05, 0) is 29.8 Å². The van der Waals surface area contributed by atoms with Crippen LogP contribution in [0.2, 0.25) is 0 Å². The zero-order chi connectivity index (χ0) is 22.0. The SMILES string of the molecule is COc1ccccc1NC(=O)[C@H]1CC(=O)Nc2c(-c3ccc(OC)c(OC)c3)cnn21. The number of para-hydroxylation sites is 2. The Morgan fingerprint density at radius 2 is 1.81 bits per heavy atom. The van der Waals surface area contributed by atoms with Crippen LogP contribution in [0.3, 0.4) is 0 Å². The summed E-state index contributed by atoms with van der Waals surface area (Å²) in [7, 11) is 4.64. The molecule has 2 N–H and O–H groups in total. The number of carbonyl (C=O) groups is 2. The molecule has 2 heterocycles. The number of hydrogen-bond donors (Lipinski definition) is 2. The number of carbonyl (C=O) groups excluding carboxylic acids is 2. The highest BCUT2D eigenvalue weighted by Gasteiger charge is 2.33. The van der Waals surface area contributed by atoms with Crippen molar-refractivity contribution in [3.63, 3.8) is 0 Å². The monoisotopic (exact) mass is 422 g/mol. The molecule has 2 aromatic carbocycles. The van der Waals surface area contributed by atoms with Crippen LogP contribution in [-0.2, 0) is 9.59 Å². The molecule has 0 saturated carbocycles. The topological polar surface area (TPSA) is 104 Å². The van der Waals surface area contributed by atoms with Crippen LogP contribution in [0.1, 0.15) is 12.5 Å². The lowest BCUT2D eigenvalue weighted by Crippen LogP contribution is -2.35. The molecule has 1 aliphatic rings. The molecule has 0 fully saturated rings. The fourth-order valence-electron chi connectivity index (χ4n) is 3.55. The highest BCUT2D eigenvalue weighted by atomic mass is 16.5. The first-order valence-electron chi connectivity index (χ1n) is 9.59. The molecule has 4 rings (SSSR count). The van der Waals surface area contributed by atoms with Gasteiger partial charge in [-0.3, -0.25) is 9.59 Å². The largest absolute Gasteiger partial charge is 0.495 e. The Balaban J connectivity index is 1.68. The third kappa shape index (κ3) is 3.77. The van der Waals surface area contributed by atoms with Crippen molar-refractivity contribution in [2.24, 2.45) is 0 Å². The average Bonchev–Trinajstić information content (AvgIpc) is 3.21. The highest BCUT2D eigenvalue weighted by molar-refractivity contribution is 6.03. The first-order valence-corrected chi connectivity index (χ1v) is 9.59. The molecule has 0 bridgehead atoms. The first kappa shape index (κ1) is 20.3. The number of amides is 2. The Bertz CT molecular complexity index is 1140. The zero-order valence-corrected chi connectivity index (χ0v) is 17.3. The van der Waals surface area contributed by atoms with Gasteiger partial charge in [0.05, 0.1) is 39.6 Å². The molecule has 9 nitrogen and oxygen atoms in total. The van der Waals surface area contributed by atoms with Gasteiger partial charge in [0.15, 0.2) is 11.5 Å². The summed E-state index contributed by atoms with van der Waals surface area (Å²) < 4.78 is 17.5. The normalized spacial score (nSPS) is 14.9. The maximum absolute atomic E-state index is 13.0. The third-order valence-corrected chi connectivity index (χ3v) is 5.09. The lowest BCUT2D eigenvalue weighted by molar-refractivity contribution is -0.125. The Morgan fingerprint density at radius 3 is 2.55 bits per heavy atom. The summed E-state index contributed by atoms with van der Waals surface area (Å²) in [6.07, 6.45) is 1.59. The maximum atomic E-state index is 13.0. The molecule has 0 saturated heterocycles. The van der Waals surface area contributed by atoms with Crippen LogP contribution in [-0.4, -0.2) is 42.9 Å². The lowest BCUT2D eigenvalue weighted by Gasteiger charge is -2.25. The van der Waals surface area contributed by atoms with Crippen molar-refractivity contribution >= 4 is 23.3 Å². The Hall–Kier alpha value is -4.01. The molecule has 1 aliphatic heterocycles. The Labute approximate surface area is 178 Å². The van der Waals surface area contributed by atoms with Crippen LogP contribution in [0.5, 0.6) is 17.2 Å². The summed E-state index contributed by atoms with van der Waals surface area (Å²) >= 11 is 0. The standard InChI is InChI=1S/C22H22N4O5/c1-29-17-7-5-4-6-15(17)24-22(28)16-11-20(27)25-21-14(12-23-26(16)21)13-8-9-18(30-2)19(10-13)31-3/h4-10,12,16H,11H2,1-3H3,(H,24,28)(H,25,27)/t16-/m1/s1. The molecule has 0 spiro atoms. The molecule has 9 heteroatoms. The summed E-state index contributed by atoms with van der Waals surface area (Å²) in [5, 5.41) is 10.1. The Morgan fingerprint density at radius 1 is 1.06 bits per heavy atom. The number of fused-ring (bicyclic) bond motifs is 1. The fourth-order valence-corrected chi connectivity index (χ4v) is 3.55. The number of ether oxygens (including phenoxy) is 3. The second-order valence-electron chi connectivity index (χ2n) is 6.88. The van der Waals surface area contributed by atoms with Crippen molar-refractivity contribution in [3.05, 3.63) is 48.7 Å². The number of methoxy groups -OCH3 is 3. The fraction of sp³-hybridized carbons (Fsp3) is 0.227. The second-order valence-corrected chi connectivity index (χ2v) is 6.88. The maximum Gasteiger partial charge on any atom is 0.249 e. The van der Waals surface area contributed by atoms with E-state index >= 15 is 0 Å². The molecule has 0 aliphatic carbocycles. The number of anilines is 2. The number of nitrogens with zero attached hydrogens (tertiary/aromatic N) is 2. The number of benzene rings is 2. The van der Waals surface area contributed by atoms with E-state index in [1.165, 1.54) is 11.8 Å². The van der Waals surface area contributed by atoms with Crippen molar-refractivity contribution in [3.8, 4) is 28.4 Å². The van der Waals surface area contributed by atoms with E-state index in [1.807, 2.05) is 12.1 Å². The molecular weight excluding hydrogens is 400 g/mol. The number of rotatable bonds is 6. The van der Waals surface area contributed by atoms with Crippen molar-refractivity contribution in [1.29, 1.82) is 0 Å². The van der Waals surface area contributed by atoms with Gasteiger partial charge in [0.25, 0.3) is 0 Å². The van der Waals surface area contributed by atoms with Gasteiger partial charge in [-0.2, -0.15) is 5.10 Å². The summed E-state index contributed by atoms with van der Waals surface area (Å²) in [5.41, 5.74) is 1.96. The molecule has 160 valence electrons. The van der Waals surface area contributed by atoms with E-state index in [1.54, 1.807) is 50.7 Å². The van der Waals surface area contributed by atoms with Gasteiger partial charge in [-0.15, -0.1) is 0 Å². The van der Waals surface area contributed by atoms with Gasteiger partial charge in [0, 0.05) is 5.56 Å². The average molecular weight is 422 g/mol. The van der Waals surface area contributed by atoms with Crippen molar-refractivity contribution < 1.29 is 23.8 Å². The van der Waals surface area contributed by atoms with Gasteiger partial charge in [0.2, 0.25) is 11.8 Å². The predicted octanol–water partition coefficient (Wildman–Crippen LogP) is 3.10.